The summed E-state index contributed by atoms with van der Waals surface area (Å²) in [5, 5.41) is 17.3. The van der Waals surface area contributed by atoms with Crippen LogP contribution in [0.25, 0.3) is 0 Å². The number of aliphatic carboxylic acids is 2. The molecule has 0 bridgehead atoms. The largest absolute Gasteiger partial charge is 0.481 e. The minimum atomic E-state index is -0.862. The van der Waals surface area contributed by atoms with Crippen LogP contribution in [0.4, 0.5) is 0 Å². The summed E-state index contributed by atoms with van der Waals surface area (Å²) in [5.74, 6) is -1.72. The molecule has 0 aliphatic heterocycles. The molecule has 0 spiro atoms. The van der Waals surface area contributed by atoms with E-state index in [1.165, 1.54) is 0 Å². The van der Waals surface area contributed by atoms with E-state index in [-0.39, 0.29) is 12.8 Å². The molecule has 0 fully saturated rings. The maximum Gasteiger partial charge on any atom is 0.304 e. The molecule has 0 rings (SSSR count). The molecular formula is C13H25NO5. The van der Waals surface area contributed by atoms with E-state index in [1.807, 2.05) is 4.90 Å². The highest BCUT2D eigenvalue weighted by atomic mass is 16.5. The lowest BCUT2D eigenvalue weighted by Gasteiger charge is -2.20. The van der Waals surface area contributed by atoms with E-state index < -0.39 is 11.9 Å². The first-order chi connectivity index (χ1) is 9.06. The fourth-order valence-electron chi connectivity index (χ4n) is 1.58. The maximum absolute atomic E-state index is 10.5. The minimum Gasteiger partial charge on any atom is -0.481 e. The highest BCUT2D eigenvalue weighted by Crippen LogP contribution is 1.98. The summed E-state index contributed by atoms with van der Waals surface area (Å²) in [7, 11) is 0. The molecule has 2 N–H and O–H groups in total. The number of carboxylic acids is 2. The van der Waals surface area contributed by atoms with Crippen molar-refractivity contribution in [3.8, 4) is 0 Å². The van der Waals surface area contributed by atoms with Crippen LogP contribution < -0.4 is 0 Å². The highest BCUT2D eigenvalue weighted by molar-refractivity contribution is 5.67. The minimum absolute atomic E-state index is 0.0380. The Morgan fingerprint density at radius 2 is 1.47 bits per heavy atom. The Kier molecular flexibility index (Phi) is 11.2. The van der Waals surface area contributed by atoms with Crippen LogP contribution in [0.15, 0.2) is 0 Å². The molecule has 0 radical (unpaired) electrons. The quantitative estimate of drug-likeness (QED) is 0.495. The molecule has 0 saturated heterocycles. The normalized spacial score (nSPS) is 10.8. The Hall–Kier alpha value is -1.14. The predicted molar refractivity (Wildman–Crippen MR) is 71.3 cm³/mol. The van der Waals surface area contributed by atoms with Crippen LogP contribution in [0.1, 0.15) is 39.0 Å². The highest BCUT2D eigenvalue weighted by Gasteiger charge is 2.09. The second kappa shape index (κ2) is 11.9. The van der Waals surface area contributed by atoms with Crippen molar-refractivity contribution < 1.29 is 24.5 Å². The zero-order chi connectivity index (χ0) is 14.5. The third-order valence-electron chi connectivity index (χ3n) is 2.69. The third-order valence-corrected chi connectivity index (χ3v) is 2.69. The monoisotopic (exact) mass is 275 g/mol. The van der Waals surface area contributed by atoms with Crippen LogP contribution in [-0.2, 0) is 14.3 Å². The summed E-state index contributed by atoms with van der Waals surface area (Å²) in [4.78, 5) is 22.9. The molecule has 0 aliphatic rings. The van der Waals surface area contributed by atoms with Crippen LogP contribution in [-0.4, -0.2) is 59.9 Å². The van der Waals surface area contributed by atoms with Gasteiger partial charge in [0.15, 0.2) is 0 Å². The fourth-order valence-corrected chi connectivity index (χ4v) is 1.58. The molecular weight excluding hydrogens is 250 g/mol. The summed E-state index contributed by atoms with van der Waals surface area (Å²) in [6.45, 7) is 4.93. The van der Waals surface area contributed by atoms with Crippen molar-refractivity contribution in [2.45, 2.75) is 39.0 Å². The lowest BCUT2D eigenvalue weighted by molar-refractivity contribution is -0.137. The van der Waals surface area contributed by atoms with E-state index in [2.05, 4.69) is 6.92 Å². The van der Waals surface area contributed by atoms with Gasteiger partial charge in [-0.1, -0.05) is 13.3 Å². The van der Waals surface area contributed by atoms with Crippen molar-refractivity contribution >= 4 is 11.9 Å². The van der Waals surface area contributed by atoms with Gasteiger partial charge in [0, 0.05) is 32.8 Å². The molecule has 0 unspecified atom stereocenters. The molecule has 0 heterocycles. The van der Waals surface area contributed by atoms with Gasteiger partial charge >= 0.3 is 11.9 Å². The van der Waals surface area contributed by atoms with Crippen molar-refractivity contribution in [1.29, 1.82) is 0 Å². The van der Waals surface area contributed by atoms with E-state index in [0.29, 0.717) is 26.2 Å². The molecule has 0 aromatic heterocycles. The van der Waals surface area contributed by atoms with Gasteiger partial charge in [-0.25, -0.2) is 0 Å². The fraction of sp³-hybridized carbons (Fsp3) is 0.846. The van der Waals surface area contributed by atoms with Crippen molar-refractivity contribution in [2.75, 3.05) is 32.8 Å². The number of hydrogen-bond acceptors (Lipinski definition) is 4. The first-order valence-corrected chi connectivity index (χ1v) is 6.80. The van der Waals surface area contributed by atoms with Gasteiger partial charge in [-0.05, 0) is 12.8 Å². The molecule has 0 aromatic rings. The van der Waals surface area contributed by atoms with Crippen LogP contribution in [0, 0.1) is 0 Å². The Labute approximate surface area is 114 Å². The number of hydrogen-bond donors (Lipinski definition) is 2. The van der Waals surface area contributed by atoms with Crippen molar-refractivity contribution in [3.05, 3.63) is 0 Å². The maximum atomic E-state index is 10.5. The van der Waals surface area contributed by atoms with Crippen LogP contribution in [0.3, 0.4) is 0 Å². The lowest BCUT2D eigenvalue weighted by atomic mass is 10.3. The van der Waals surface area contributed by atoms with Crippen molar-refractivity contribution in [1.82, 2.24) is 4.90 Å². The first-order valence-electron chi connectivity index (χ1n) is 6.80. The summed E-state index contributed by atoms with van der Waals surface area (Å²) in [6.07, 6.45) is 3.01. The number of unbranched alkanes of at least 4 members (excludes halogenated alkanes) is 1. The smallest absolute Gasteiger partial charge is 0.304 e. The molecule has 0 saturated carbocycles. The number of carbonyl (C=O) groups is 2. The predicted octanol–water partition coefficient (Wildman–Crippen LogP) is 1.44. The molecule has 0 aromatic carbocycles. The molecule has 19 heavy (non-hydrogen) atoms. The Bertz CT molecular complexity index is 239. The summed E-state index contributed by atoms with van der Waals surface area (Å²) >= 11 is 0. The average Bonchev–Trinajstić information content (AvgIpc) is 2.35. The second-order valence-electron chi connectivity index (χ2n) is 4.45. The van der Waals surface area contributed by atoms with Gasteiger partial charge in [0.1, 0.15) is 0 Å². The van der Waals surface area contributed by atoms with Crippen molar-refractivity contribution in [3.63, 3.8) is 0 Å². The Morgan fingerprint density at radius 1 is 0.947 bits per heavy atom. The van der Waals surface area contributed by atoms with E-state index in [1.54, 1.807) is 0 Å². The molecule has 112 valence electrons. The van der Waals surface area contributed by atoms with Gasteiger partial charge in [-0.2, -0.15) is 0 Å². The summed E-state index contributed by atoms with van der Waals surface area (Å²) in [5.41, 5.74) is 0. The molecule has 0 atom stereocenters. The van der Waals surface area contributed by atoms with E-state index in [0.717, 1.165) is 25.9 Å². The van der Waals surface area contributed by atoms with E-state index in [4.69, 9.17) is 14.9 Å². The van der Waals surface area contributed by atoms with Crippen molar-refractivity contribution in [2.24, 2.45) is 0 Å². The third kappa shape index (κ3) is 13.1. The lowest BCUT2D eigenvalue weighted by Crippen LogP contribution is -2.30. The second-order valence-corrected chi connectivity index (χ2v) is 4.45. The molecule has 6 nitrogen and oxygen atoms in total. The van der Waals surface area contributed by atoms with Crippen LogP contribution >= 0.6 is 0 Å². The standard InChI is InChI=1S/C13H25NO5/c1-2-3-10-19-11-4-7-14(8-5-12(15)16)9-6-13(17)18/h2-11H2,1H3,(H,15,16)(H,17,18). The van der Waals surface area contributed by atoms with Gasteiger partial charge in [-0.15, -0.1) is 0 Å². The Balaban J connectivity index is 3.76. The average molecular weight is 275 g/mol. The van der Waals surface area contributed by atoms with Gasteiger partial charge in [0.05, 0.1) is 12.8 Å². The van der Waals surface area contributed by atoms with Gasteiger partial charge in [0.2, 0.25) is 0 Å². The zero-order valence-corrected chi connectivity index (χ0v) is 11.6. The molecule has 0 amide bonds. The Morgan fingerprint density at radius 3 is 1.95 bits per heavy atom. The van der Waals surface area contributed by atoms with Crippen LogP contribution in [0.2, 0.25) is 0 Å². The van der Waals surface area contributed by atoms with Crippen LogP contribution in [0.5, 0.6) is 0 Å². The topological polar surface area (TPSA) is 87.1 Å². The molecule has 0 aliphatic carbocycles. The van der Waals surface area contributed by atoms with Gasteiger partial charge in [0.25, 0.3) is 0 Å². The molecule has 6 heteroatoms. The summed E-state index contributed by atoms with van der Waals surface area (Å²) < 4.78 is 5.42. The number of carboxylic acid groups (broad SMARTS) is 2. The SMILES string of the molecule is CCCCOCCCN(CCC(=O)O)CCC(=O)O. The first kappa shape index (κ1) is 17.9. The van der Waals surface area contributed by atoms with E-state index in [9.17, 15) is 9.59 Å². The summed E-state index contributed by atoms with van der Waals surface area (Å²) in [6, 6.07) is 0. The number of rotatable bonds is 13. The van der Waals surface area contributed by atoms with Gasteiger partial charge in [-0.3, -0.25) is 9.59 Å². The van der Waals surface area contributed by atoms with Gasteiger partial charge < -0.3 is 19.8 Å². The van der Waals surface area contributed by atoms with E-state index >= 15 is 0 Å². The zero-order valence-electron chi connectivity index (χ0n) is 11.6. The number of nitrogens with zero attached hydrogens (tertiary/aromatic N) is 1. The number of ether oxygens (including phenoxy) is 1.